The zero-order chi connectivity index (χ0) is 16.9. The third-order valence-corrected chi connectivity index (χ3v) is 2.67. The summed E-state index contributed by atoms with van der Waals surface area (Å²) in [5, 5.41) is 19.4. The summed E-state index contributed by atoms with van der Waals surface area (Å²) in [6, 6.07) is 1.10. The quantitative estimate of drug-likeness (QED) is 0.594. The maximum absolute atomic E-state index is 12.2. The number of ether oxygens (including phenoxy) is 1. The molecule has 1 aromatic rings. The Kier molecular flexibility index (Phi) is 5.91. The molecule has 0 bridgehead atoms. The van der Waals surface area contributed by atoms with Crippen molar-refractivity contribution in [2.75, 3.05) is 19.7 Å². The molecule has 22 heavy (non-hydrogen) atoms. The van der Waals surface area contributed by atoms with Crippen molar-refractivity contribution in [3.63, 3.8) is 0 Å². The van der Waals surface area contributed by atoms with Crippen LogP contribution >= 0.6 is 15.9 Å². The molecule has 1 N–H and O–H groups in total. The number of hydrogen-bond acceptors (Lipinski definition) is 5. The predicted octanol–water partition coefficient (Wildman–Crippen LogP) is 2.67. The average Bonchev–Trinajstić information content (AvgIpc) is 2.37. The van der Waals surface area contributed by atoms with Gasteiger partial charge in [-0.2, -0.15) is 13.2 Å². The number of aromatic nitrogens is 1. The molecule has 122 valence electrons. The molecule has 0 saturated heterocycles. The average molecular weight is 388 g/mol. The van der Waals surface area contributed by atoms with Crippen LogP contribution < -0.4 is 4.74 Å². The fraction of sp³-hybridized carbons (Fsp3) is 0.400. The van der Waals surface area contributed by atoms with E-state index in [9.17, 15) is 28.1 Å². The number of carboxylic acid groups (broad SMARTS) is 1. The minimum Gasteiger partial charge on any atom is -0.471 e. The van der Waals surface area contributed by atoms with Crippen molar-refractivity contribution in [3.05, 3.63) is 26.9 Å². The Morgan fingerprint density at radius 2 is 2.18 bits per heavy atom. The Morgan fingerprint density at radius 1 is 1.55 bits per heavy atom. The van der Waals surface area contributed by atoms with Crippen LogP contribution in [0.4, 0.5) is 23.7 Å². The van der Waals surface area contributed by atoms with Gasteiger partial charge in [0.15, 0.2) is 0 Å². The lowest BCUT2D eigenvalue weighted by molar-refractivity contribution is -0.386. The molecule has 0 radical (unpaired) electrons. The van der Waals surface area contributed by atoms with Crippen LogP contribution in [-0.2, 0) is 0 Å². The number of carbonyl (C=O) groups is 1. The van der Waals surface area contributed by atoms with Gasteiger partial charge in [0.25, 0.3) is 5.88 Å². The Bertz CT molecular complexity index is 569. The van der Waals surface area contributed by atoms with Gasteiger partial charge in [-0.25, -0.2) is 9.78 Å². The van der Waals surface area contributed by atoms with Gasteiger partial charge in [-0.15, -0.1) is 0 Å². The summed E-state index contributed by atoms with van der Waals surface area (Å²) in [4.78, 5) is 24.4. The third kappa shape index (κ3) is 5.71. The number of rotatable bonds is 6. The highest BCUT2D eigenvalue weighted by molar-refractivity contribution is 9.10. The number of pyridine rings is 1. The van der Waals surface area contributed by atoms with E-state index < -0.39 is 48.5 Å². The first-order chi connectivity index (χ1) is 10.1. The van der Waals surface area contributed by atoms with E-state index >= 15 is 0 Å². The fourth-order valence-corrected chi connectivity index (χ4v) is 1.69. The van der Waals surface area contributed by atoms with Crippen LogP contribution in [-0.4, -0.2) is 51.9 Å². The molecule has 0 aromatic carbocycles. The summed E-state index contributed by atoms with van der Waals surface area (Å²) in [5.41, 5.74) is -0.493. The number of nitro groups is 1. The first-order valence-electron chi connectivity index (χ1n) is 5.57. The minimum atomic E-state index is -4.69. The summed E-state index contributed by atoms with van der Waals surface area (Å²) in [6.07, 6.45) is -5.27. The van der Waals surface area contributed by atoms with Crippen LogP contribution in [0.25, 0.3) is 0 Å². The van der Waals surface area contributed by atoms with E-state index in [4.69, 9.17) is 9.84 Å². The zero-order valence-corrected chi connectivity index (χ0v) is 12.3. The molecular formula is C10H9BrF3N3O5. The van der Waals surface area contributed by atoms with Crippen LogP contribution in [0.3, 0.4) is 0 Å². The third-order valence-electron chi connectivity index (χ3n) is 2.24. The van der Waals surface area contributed by atoms with Gasteiger partial charge in [-0.3, -0.25) is 15.0 Å². The highest BCUT2D eigenvalue weighted by atomic mass is 79.9. The number of amides is 1. The molecule has 0 aliphatic rings. The van der Waals surface area contributed by atoms with Gasteiger partial charge in [0.05, 0.1) is 11.5 Å². The van der Waals surface area contributed by atoms with E-state index in [1.807, 2.05) is 0 Å². The Balaban J connectivity index is 2.70. The van der Waals surface area contributed by atoms with Crippen molar-refractivity contribution in [1.29, 1.82) is 0 Å². The van der Waals surface area contributed by atoms with E-state index in [-0.39, 0.29) is 4.90 Å². The highest BCUT2D eigenvalue weighted by Crippen LogP contribution is 2.27. The van der Waals surface area contributed by atoms with Gasteiger partial charge < -0.3 is 9.84 Å². The molecule has 1 amide bonds. The number of halogens is 4. The summed E-state index contributed by atoms with van der Waals surface area (Å²) in [5.74, 6) is -0.412. The van der Waals surface area contributed by atoms with E-state index in [2.05, 4.69) is 20.9 Å². The summed E-state index contributed by atoms with van der Waals surface area (Å²) in [7, 11) is 0. The first-order valence-corrected chi connectivity index (χ1v) is 6.37. The predicted molar refractivity (Wildman–Crippen MR) is 69.7 cm³/mol. The second-order valence-corrected chi connectivity index (χ2v) is 4.82. The summed E-state index contributed by atoms with van der Waals surface area (Å²) in [6.45, 7) is -2.80. The zero-order valence-electron chi connectivity index (χ0n) is 10.7. The monoisotopic (exact) mass is 387 g/mol. The van der Waals surface area contributed by atoms with Crippen molar-refractivity contribution < 1.29 is 32.7 Å². The second kappa shape index (κ2) is 7.24. The van der Waals surface area contributed by atoms with E-state index in [0.717, 1.165) is 6.07 Å². The van der Waals surface area contributed by atoms with Gasteiger partial charge in [0.2, 0.25) is 0 Å². The van der Waals surface area contributed by atoms with E-state index in [0.29, 0.717) is 4.47 Å². The second-order valence-electron chi connectivity index (χ2n) is 3.90. The number of hydrogen-bond donors (Lipinski definition) is 1. The van der Waals surface area contributed by atoms with Crippen LogP contribution in [0.15, 0.2) is 16.7 Å². The molecular weight excluding hydrogens is 379 g/mol. The first kappa shape index (κ1) is 17.9. The lowest BCUT2D eigenvalue weighted by Crippen LogP contribution is -2.40. The normalized spacial score (nSPS) is 11.1. The van der Waals surface area contributed by atoms with Crippen molar-refractivity contribution in [3.8, 4) is 5.88 Å². The van der Waals surface area contributed by atoms with Crippen LogP contribution in [0.5, 0.6) is 5.88 Å². The standard InChI is InChI=1S/C10H9BrF3N3O5/c11-6-3-7(17(20)21)8(15-4-6)22-2-1-16(9(18)19)5-10(12,13)14/h3-4H,1-2,5H2,(H,18,19). The van der Waals surface area contributed by atoms with Gasteiger partial charge >= 0.3 is 18.0 Å². The molecule has 1 aromatic heterocycles. The molecule has 1 heterocycles. The highest BCUT2D eigenvalue weighted by Gasteiger charge is 2.33. The Labute approximate surface area is 129 Å². The molecule has 0 aliphatic heterocycles. The Morgan fingerprint density at radius 3 is 2.68 bits per heavy atom. The van der Waals surface area contributed by atoms with Gasteiger partial charge in [-0.05, 0) is 15.9 Å². The van der Waals surface area contributed by atoms with E-state index in [1.165, 1.54) is 6.20 Å². The maximum Gasteiger partial charge on any atom is 0.407 e. The minimum absolute atomic E-state index is 0.0880. The summed E-state index contributed by atoms with van der Waals surface area (Å²) < 4.78 is 41.8. The molecule has 12 heteroatoms. The number of nitrogens with zero attached hydrogens (tertiary/aromatic N) is 3. The Hall–Kier alpha value is -2.11. The summed E-state index contributed by atoms with van der Waals surface area (Å²) >= 11 is 2.97. The van der Waals surface area contributed by atoms with Crippen LogP contribution in [0, 0.1) is 10.1 Å². The van der Waals surface area contributed by atoms with Gasteiger partial charge in [0, 0.05) is 16.7 Å². The largest absolute Gasteiger partial charge is 0.471 e. The maximum atomic E-state index is 12.2. The van der Waals surface area contributed by atoms with Crippen molar-refractivity contribution in [2.24, 2.45) is 0 Å². The topological polar surface area (TPSA) is 106 Å². The molecule has 0 atom stereocenters. The molecule has 1 rings (SSSR count). The van der Waals surface area contributed by atoms with Crippen LogP contribution in [0.1, 0.15) is 0 Å². The molecule has 8 nitrogen and oxygen atoms in total. The molecule has 0 fully saturated rings. The lowest BCUT2D eigenvalue weighted by atomic mass is 10.4. The lowest BCUT2D eigenvalue weighted by Gasteiger charge is -2.20. The van der Waals surface area contributed by atoms with Gasteiger partial charge in [-0.1, -0.05) is 0 Å². The number of alkyl halides is 3. The molecule has 0 aliphatic carbocycles. The van der Waals surface area contributed by atoms with Crippen molar-refractivity contribution in [2.45, 2.75) is 6.18 Å². The van der Waals surface area contributed by atoms with E-state index in [1.54, 1.807) is 0 Å². The van der Waals surface area contributed by atoms with Gasteiger partial charge in [0.1, 0.15) is 13.2 Å². The van der Waals surface area contributed by atoms with Crippen molar-refractivity contribution >= 4 is 27.7 Å². The molecule has 0 unspecified atom stereocenters. The molecule has 0 spiro atoms. The fourth-order valence-electron chi connectivity index (χ4n) is 1.37. The van der Waals surface area contributed by atoms with Crippen molar-refractivity contribution in [1.82, 2.24) is 9.88 Å². The SMILES string of the molecule is O=C(O)N(CCOc1ncc(Br)cc1[N+](=O)[O-])CC(F)(F)F. The molecule has 0 saturated carbocycles. The smallest absolute Gasteiger partial charge is 0.407 e. The van der Waals surface area contributed by atoms with Crippen LogP contribution in [0.2, 0.25) is 0 Å².